The number of unbranched alkanes of at least 4 members (excludes halogenated alkanes) is 2. The van der Waals surface area contributed by atoms with Crippen LogP contribution in [0.3, 0.4) is 0 Å². The third-order valence-corrected chi connectivity index (χ3v) is 14.2. The van der Waals surface area contributed by atoms with Crippen molar-refractivity contribution in [3.05, 3.63) is 126 Å². The SMILES string of the molecule is CCCCc1cc2c(-c3ccc([Si](C)(C)C)cc3)ccc(C)c2[cH-]1.CCCCc1cc2c(-c3ccc([Si](C)(C)C)cc3)ccc(C)c2[cH-]1.[CH2-]C.[Cl][Zr][Cl]. The van der Waals surface area contributed by atoms with Crippen molar-refractivity contribution in [3.8, 4) is 22.3 Å². The van der Waals surface area contributed by atoms with Crippen LogP contribution in [0.15, 0.2) is 97.1 Å². The van der Waals surface area contributed by atoms with Gasteiger partial charge in [-0.25, -0.2) is 0 Å². The molecule has 0 saturated heterocycles. The predicted octanol–water partition coefficient (Wildman–Crippen LogP) is 15.1. The van der Waals surface area contributed by atoms with Gasteiger partial charge in [-0.05, 0) is 24.0 Å². The van der Waals surface area contributed by atoms with Gasteiger partial charge in [0.1, 0.15) is 0 Å². The van der Waals surface area contributed by atoms with Crippen molar-refractivity contribution in [1.29, 1.82) is 0 Å². The molecule has 0 unspecified atom stereocenters. The summed E-state index contributed by atoms with van der Waals surface area (Å²) >= 11 is -0.826. The van der Waals surface area contributed by atoms with Gasteiger partial charge in [0.05, 0.1) is 16.1 Å². The molecule has 0 aliphatic carbocycles. The van der Waals surface area contributed by atoms with Gasteiger partial charge in [-0.2, -0.15) is 19.1 Å². The van der Waals surface area contributed by atoms with Gasteiger partial charge in [-0.1, -0.05) is 175 Å². The molecule has 0 radical (unpaired) electrons. The molecule has 0 bridgehead atoms. The van der Waals surface area contributed by atoms with Crippen LogP contribution < -0.4 is 10.4 Å². The van der Waals surface area contributed by atoms with E-state index in [0.29, 0.717) is 0 Å². The summed E-state index contributed by atoms with van der Waals surface area (Å²) in [5.41, 5.74) is 11.2. The van der Waals surface area contributed by atoms with Crippen molar-refractivity contribution in [3.63, 3.8) is 0 Å². The summed E-state index contributed by atoms with van der Waals surface area (Å²) in [7, 11) is 7.41. The molecule has 6 rings (SSSR count). The molecule has 0 aromatic heterocycles. The third kappa shape index (κ3) is 12.5. The van der Waals surface area contributed by atoms with Crippen LogP contribution in [0.2, 0.25) is 39.3 Å². The second-order valence-corrected chi connectivity index (χ2v) is 30.1. The number of halogens is 2. The van der Waals surface area contributed by atoms with Gasteiger partial charge in [0, 0.05) is 0 Å². The number of aryl methyl sites for hydroxylation is 4. The molecule has 6 aromatic carbocycles. The van der Waals surface area contributed by atoms with Gasteiger partial charge >= 0.3 is 37.9 Å². The minimum absolute atomic E-state index is 0.826. The van der Waals surface area contributed by atoms with Crippen molar-refractivity contribution in [2.75, 3.05) is 0 Å². The quantitative estimate of drug-likeness (QED) is 0.0951. The third-order valence-electron chi connectivity index (χ3n) is 10.1. The van der Waals surface area contributed by atoms with E-state index in [1.165, 1.54) is 115 Å². The number of hydrogen-bond acceptors (Lipinski definition) is 0. The first kappa shape index (κ1) is 45.4. The Morgan fingerprint density at radius 3 is 1.15 bits per heavy atom. The molecule has 53 heavy (non-hydrogen) atoms. The summed E-state index contributed by atoms with van der Waals surface area (Å²) in [6.45, 7) is 28.4. The second kappa shape index (κ2) is 21.3. The average molecular weight is 858 g/mol. The van der Waals surface area contributed by atoms with Gasteiger partial charge in [-0.3, -0.25) is 0 Å². The van der Waals surface area contributed by atoms with Gasteiger partial charge in [0.25, 0.3) is 0 Å². The first-order chi connectivity index (χ1) is 25.2. The van der Waals surface area contributed by atoms with Gasteiger partial charge in [0.2, 0.25) is 0 Å². The molecule has 0 nitrogen and oxygen atoms in total. The topological polar surface area (TPSA) is 0 Å². The first-order valence-electron chi connectivity index (χ1n) is 19.5. The summed E-state index contributed by atoms with van der Waals surface area (Å²) in [5, 5.41) is 8.74. The second-order valence-electron chi connectivity index (χ2n) is 16.2. The number of benzene rings is 4. The van der Waals surface area contributed by atoms with E-state index >= 15 is 0 Å². The van der Waals surface area contributed by atoms with Crippen molar-refractivity contribution in [1.82, 2.24) is 0 Å². The Kier molecular flexibility index (Phi) is 18.3. The van der Waals surface area contributed by atoms with Gasteiger partial charge in [-0.15, -0.1) is 68.1 Å². The Morgan fingerprint density at radius 1 is 0.547 bits per heavy atom. The van der Waals surface area contributed by atoms with E-state index in [1.807, 2.05) is 0 Å². The average Bonchev–Trinajstić information content (AvgIpc) is 3.77. The molecule has 0 aliphatic rings. The molecule has 0 fully saturated rings. The van der Waals surface area contributed by atoms with E-state index in [1.54, 1.807) is 6.92 Å². The molecule has 0 heterocycles. The van der Waals surface area contributed by atoms with Crippen LogP contribution in [0.4, 0.5) is 0 Å². The summed E-state index contributed by atoms with van der Waals surface area (Å²) in [6, 6.07) is 37.4. The Balaban J connectivity index is 0.000000255. The zero-order chi connectivity index (χ0) is 39.3. The summed E-state index contributed by atoms with van der Waals surface area (Å²) in [5.74, 6) is 0. The van der Waals surface area contributed by atoms with Crippen molar-refractivity contribution >= 4 is 65.1 Å². The molecule has 0 spiro atoms. The van der Waals surface area contributed by atoms with E-state index in [4.69, 9.17) is 17.0 Å². The van der Waals surface area contributed by atoms with Crippen molar-refractivity contribution in [2.45, 2.75) is 112 Å². The number of fused-ring (bicyclic) bond motifs is 2. The molecule has 5 heteroatoms. The molecule has 0 aliphatic heterocycles. The molecule has 0 N–H and O–H groups in total. The molecule has 6 aromatic rings. The van der Waals surface area contributed by atoms with Crippen LogP contribution in [0.1, 0.15) is 68.7 Å². The molecule has 284 valence electrons. The summed E-state index contributed by atoms with van der Waals surface area (Å²) in [4.78, 5) is 0. The Bertz CT molecular complexity index is 1840. The van der Waals surface area contributed by atoms with Crippen LogP contribution in [-0.2, 0) is 33.7 Å². The van der Waals surface area contributed by atoms with E-state index in [9.17, 15) is 0 Å². The number of rotatable bonds is 10. The molecular formula is C48H63Cl2Si2Zr-3. The van der Waals surface area contributed by atoms with Crippen LogP contribution in [-0.4, -0.2) is 16.1 Å². The predicted molar refractivity (Wildman–Crippen MR) is 245 cm³/mol. The van der Waals surface area contributed by atoms with E-state index in [-0.39, 0.29) is 0 Å². The standard InChI is InChI=1S/2C23H29Si.C2H5.2ClH.Zr/c2*1-6-7-8-18-15-22-17(2)9-14-21(23(22)16-18)19-10-12-20(13-11-19)24(3,4)5;1-2;;;/h2*9-16H,6-8H2,1-5H3;1H2,2H3;2*1H;/q3*-1;;;+2/p-2. The normalized spacial score (nSPS) is 11.3. The maximum absolute atomic E-state index is 4.93. The summed E-state index contributed by atoms with van der Waals surface area (Å²) in [6.07, 6.45) is 7.44. The Labute approximate surface area is 344 Å². The molecular weight excluding hydrogens is 795 g/mol. The first-order valence-corrected chi connectivity index (χ1v) is 32.8. The molecule has 0 amide bonds. The van der Waals surface area contributed by atoms with Crippen LogP contribution in [0.5, 0.6) is 0 Å². The maximum atomic E-state index is 4.93. The molecule has 0 atom stereocenters. The zero-order valence-electron chi connectivity index (χ0n) is 34.4. The van der Waals surface area contributed by atoms with Crippen LogP contribution in [0.25, 0.3) is 43.8 Å². The fraction of sp³-hybridized carbons (Fsp3) is 0.354. The monoisotopic (exact) mass is 855 g/mol. The van der Waals surface area contributed by atoms with Crippen molar-refractivity contribution in [2.24, 2.45) is 0 Å². The van der Waals surface area contributed by atoms with Crippen LogP contribution in [0, 0.1) is 20.8 Å². The van der Waals surface area contributed by atoms with E-state index < -0.39 is 37.0 Å². The fourth-order valence-electron chi connectivity index (χ4n) is 6.86. The Morgan fingerprint density at radius 2 is 0.868 bits per heavy atom. The Hall–Kier alpha value is -2.00. The minimum atomic E-state index is -1.23. The van der Waals surface area contributed by atoms with E-state index in [2.05, 4.69) is 171 Å². The van der Waals surface area contributed by atoms with Crippen LogP contribution >= 0.6 is 17.0 Å². The summed E-state index contributed by atoms with van der Waals surface area (Å²) < 4.78 is 0. The fourth-order valence-corrected chi connectivity index (χ4v) is 9.20. The van der Waals surface area contributed by atoms with E-state index in [0.717, 1.165) is 0 Å². The number of hydrogen-bond donors (Lipinski definition) is 0. The van der Waals surface area contributed by atoms with Gasteiger partial charge < -0.3 is 6.92 Å². The van der Waals surface area contributed by atoms with Gasteiger partial charge in [0.15, 0.2) is 0 Å². The zero-order valence-corrected chi connectivity index (χ0v) is 40.4. The van der Waals surface area contributed by atoms with Crippen molar-refractivity contribution < 1.29 is 20.8 Å². The molecule has 0 saturated carbocycles.